The number of fused-ring (bicyclic) bond motifs is 1. The predicted molar refractivity (Wildman–Crippen MR) is 189 cm³/mol. The van der Waals surface area contributed by atoms with E-state index in [0.29, 0.717) is 37.7 Å². The van der Waals surface area contributed by atoms with Gasteiger partial charge in [0.05, 0.1) is 11.0 Å². The number of nitrogens with zero attached hydrogens (tertiary/aromatic N) is 4. The Morgan fingerprint density at radius 3 is 2.00 bits per heavy atom. The Bertz CT molecular complexity index is 2160. The fraction of sp³-hybridized carbons (Fsp3) is 0.175. The number of hydrogen-bond acceptors (Lipinski definition) is 6. The molecule has 0 fully saturated rings. The number of aryl methyl sites for hydroxylation is 1. The highest BCUT2D eigenvalue weighted by molar-refractivity contribution is 5.91. The molecule has 246 valence electrons. The van der Waals surface area contributed by atoms with Gasteiger partial charge in [-0.25, -0.2) is 9.59 Å². The third kappa shape index (κ3) is 6.96. The average molecular weight is 653 g/mol. The quantitative estimate of drug-likeness (QED) is 0.154. The highest BCUT2D eigenvalue weighted by atomic mass is 16.6. The van der Waals surface area contributed by atoms with Crippen molar-refractivity contribution >= 4 is 22.7 Å². The van der Waals surface area contributed by atoms with Crippen LogP contribution < -0.4 is 15.2 Å². The van der Waals surface area contributed by atoms with Crippen LogP contribution in [0.15, 0.2) is 132 Å². The molecular formula is C40H36N4O5. The van der Waals surface area contributed by atoms with Gasteiger partial charge in [0.25, 0.3) is 0 Å². The van der Waals surface area contributed by atoms with Gasteiger partial charge in [-0.1, -0.05) is 109 Å². The molecular weight excluding hydrogens is 616 g/mol. The Morgan fingerprint density at radius 1 is 0.735 bits per heavy atom. The van der Waals surface area contributed by atoms with Crippen molar-refractivity contribution in [2.75, 3.05) is 13.1 Å². The second-order valence-corrected chi connectivity index (χ2v) is 11.8. The summed E-state index contributed by atoms with van der Waals surface area (Å²) in [6.07, 6.45) is 2.32. The third-order valence-corrected chi connectivity index (χ3v) is 8.59. The van der Waals surface area contributed by atoms with Crippen molar-refractivity contribution in [1.82, 2.24) is 19.0 Å². The molecule has 6 aromatic rings. The topological polar surface area (TPSA) is 87.8 Å². The summed E-state index contributed by atoms with van der Waals surface area (Å²) >= 11 is 0. The van der Waals surface area contributed by atoms with Crippen LogP contribution in [0.5, 0.6) is 11.8 Å². The molecule has 0 N–H and O–H groups in total. The Balaban J connectivity index is 1.18. The highest BCUT2D eigenvalue weighted by Gasteiger charge is 2.24. The number of rotatable bonds is 10. The molecule has 1 aliphatic rings. The summed E-state index contributed by atoms with van der Waals surface area (Å²) in [6, 6.07) is 38.8. The lowest BCUT2D eigenvalue weighted by molar-refractivity contribution is 0.0998. The molecule has 7 rings (SSSR count). The number of amides is 1. The van der Waals surface area contributed by atoms with Gasteiger partial charge in [0.15, 0.2) is 0 Å². The van der Waals surface area contributed by atoms with Crippen LogP contribution in [0.4, 0.5) is 4.79 Å². The van der Waals surface area contributed by atoms with E-state index in [1.54, 1.807) is 27.1 Å². The molecule has 0 radical (unpaired) electrons. The molecule has 0 spiro atoms. The SMILES string of the molecule is Cn1c(=O)n(-c2ccc(OCc3ccccc3)nc2OCc2ccccc2)c2cccc(C3=CCN(C(=O)OCc4ccccc4)CC3)c21. The molecule has 4 aromatic carbocycles. The van der Waals surface area contributed by atoms with Gasteiger partial charge in [0.2, 0.25) is 11.8 Å². The molecule has 0 atom stereocenters. The monoisotopic (exact) mass is 652 g/mol. The second-order valence-electron chi connectivity index (χ2n) is 11.8. The molecule has 1 aliphatic heterocycles. The molecule has 2 aromatic heterocycles. The first-order chi connectivity index (χ1) is 24.0. The van der Waals surface area contributed by atoms with Gasteiger partial charge in [0.1, 0.15) is 25.5 Å². The summed E-state index contributed by atoms with van der Waals surface area (Å²) < 4.78 is 21.2. The number of hydrogen-bond donors (Lipinski definition) is 0. The molecule has 49 heavy (non-hydrogen) atoms. The number of ether oxygens (including phenoxy) is 3. The zero-order valence-corrected chi connectivity index (χ0v) is 27.2. The summed E-state index contributed by atoms with van der Waals surface area (Å²) in [5, 5.41) is 0. The Hall–Kier alpha value is -6.09. The van der Waals surface area contributed by atoms with Crippen LogP contribution in [0.25, 0.3) is 22.3 Å². The second kappa shape index (κ2) is 14.4. The third-order valence-electron chi connectivity index (χ3n) is 8.59. The van der Waals surface area contributed by atoms with Gasteiger partial charge in [-0.3, -0.25) is 9.13 Å². The van der Waals surface area contributed by atoms with Crippen LogP contribution in [0, 0.1) is 0 Å². The minimum Gasteiger partial charge on any atom is -0.473 e. The molecule has 9 heteroatoms. The molecule has 0 bridgehead atoms. The van der Waals surface area contributed by atoms with Gasteiger partial charge >= 0.3 is 11.8 Å². The summed E-state index contributed by atoms with van der Waals surface area (Å²) in [6.45, 7) is 1.77. The van der Waals surface area contributed by atoms with Crippen LogP contribution in [0.2, 0.25) is 0 Å². The number of imidazole rings is 1. The van der Waals surface area contributed by atoms with Crippen LogP contribution in [-0.2, 0) is 31.6 Å². The lowest BCUT2D eigenvalue weighted by Crippen LogP contribution is -2.35. The van der Waals surface area contributed by atoms with E-state index < -0.39 is 0 Å². The van der Waals surface area contributed by atoms with E-state index in [2.05, 4.69) is 0 Å². The maximum absolute atomic E-state index is 14.0. The molecule has 9 nitrogen and oxygen atoms in total. The van der Waals surface area contributed by atoms with Gasteiger partial charge in [0, 0.05) is 31.8 Å². The normalized spacial score (nSPS) is 12.8. The lowest BCUT2D eigenvalue weighted by Gasteiger charge is -2.26. The lowest BCUT2D eigenvalue weighted by atomic mass is 9.98. The van der Waals surface area contributed by atoms with E-state index in [9.17, 15) is 9.59 Å². The van der Waals surface area contributed by atoms with Crippen molar-refractivity contribution in [1.29, 1.82) is 0 Å². The highest BCUT2D eigenvalue weighted by Crippen LogP contribution is 2.32. The fourth-order valence-electron chi connectivity index (χ4n) is 6.03. The standard InChI is InChI=1S/C40H36N4O5/c1-42-37-33(32-22-24-43(25-23-32)40(46)49-28-31-16-9-4-10-17-31)18-11-19-34(37)44(39(42)45)35-20-21-36(47-26-29-12-5-2-6-13-29)41-38(35)48-27-30-14-7-3-8-15-30/h2-22H,23-28H2,1H3. The maximum Gasteiger partial charge on any atom is 0.410 e. The molecule has 1 amide bonds. The van der Waals surface area contributed by atoms with Crippen molar-refractivity contribution in [3.63, 3.8) is 0 Å². The van der Waals surface area contributed by atoms with Crippen LogP contribution in [-0.4, -0.2) is 38.2 Å². The molecule has 0 aliphatic carbocycles. The van der Waals surface area contributed by atoms with Crippen molar-refractivity contribution in [3.8, 4) is 17.4 Å². The van der Waals surface area contributed by atoms with E-state index in [1.165, 1.54) is 0 Å². The molecule has 3 heterocycles. The zero-order valence-electron chi connectivity index (χ0n) is 27.2. The Morgan fingerprint density at radius 2 is 1.37 bits per heavy atom. The van der Waals surface area contributed by atoms with Gasteiger partial charge in [-0.15, -0.1) is 0 Å². The first kappa shape index (κ1) is 31.5. The summed E-state index contributed by atoms with van der Waals surface area (Å²) in [5.41, 5.74) is 6.74. The van der Waals surface area contributed by atoms with Crippen LogP contribution >= 0.6 is 0 Å². The van der Waals surface area contributed by atoms with Crippen molar-refractivity contribution in [2.45, 2.75) is 26.2 Å². The number of carbonyl (C=O) groups excluding carboxylic acids is 1. The van der Waals surface area contributed by atoms with Crippen LogP contribution in [0.1, 0.15) is 28.7 Å². The molecule has 0 saturated carbocycles. The van der Waals surface area contributed by atoms with E-state index in [0.717, 1.165) is 38.9 Å². The van der Waals surface area contributed by atoms with Crippen molar-refractivity contribution in [3.05, 3.63) is 160 Å². The van der Waals surface area contributed by atoms with E-state index in [1.807, 2.05) is 121 Å². The number of benzene rings is 4. The smallest absolute Gasteiger partial charge is 0.410 e. The molecule has 0 unspecified atom stereocenters. The number of para-hydroxylation sites is 1. The summed E-state index contributed by atoms with van der Waals surface area (Å²) in [4.78, 5) is 33.2. The Kier molecular flexibility index (Phi) is 9.23. The van der Waals surface area contributed by atoms with E-state index in [4.69, 9.17) is 19.2 Å². The zero-order chi connectivity index (χ0) is 33.6. The number of aromatic nitrogens is 3. The predicted octanol–water partition coefficient (Wildman–Crippen LogP) is 7.31. The average Bonchev–Trinajstić information content (AvgIpc) is 3.42. The summed E-state index contributed by atoms with van der Waals surface area (Å²) in [7, 11) is 1.77. The fourth-order valence-corrected chi connectivity index (χ4v) is 6.03. The summed E-state index contributed by atoms with van der Waals surface area (Å²) in [5.74, 6) is 0.680. The number of pyridine rings is 1. The largest absolute Gasteiger partial charge is 0.473 e. The van der Waals surface area contributed by atoms with E-state index in [-0.39, 0.29) is 30.9 Å². The van der Waals surface area contributed by atoms with Crippen molar-refractivity contribution < 1.29 is 19.0 Å². The van der Waals surface area contributed by atoms with Gasteiger partial charge in [-0.05, 0) is 40.8 Å². The molecule has 0 saturated heterocycles. The van der Waals surface area contributed by atoms with Gasteiger partial charge in [-0.2, -0.15) is 4.98 Å². The first-order valence-corrected chi connectivity index (χ1v) is 16.3. The number of carbonyl (C=O) groups is 1. The van der Waals surface area contributed by atoms with E-state index >= 15 is 0 Å². The van der Waals surface area contributed by atoms with Crippen molar-refractivity contribution in [2.24, 2.45) is 7.05 Å². The van der Waals surface area contributed by atoms with Crippen LogP contribution in [0.3, 0.4) is 0 Å². The maximum atomic E-state index is 14.0. The Labute approximate surface area is 284 Å². The first-order valence-electron chi connectivity index (χ1n) is 16.3. The van der Waals surface area contributed by atoms with Gasteiger partial charge < -0.3 is 19.1 Å². The minimum atomic E-state index is -0.345. The minimum absolute atomic E-state index is 0.228.